The van der Waals surface area contributed by atoms with E-state index in [1.54, 1.807) is 12.1 Å². The van der Waals surface area contributed by atoms with E-state index in [9.17, 15) is 4.21 Å². The van der Waals surface area contributed by atoms with Crippen molar-refractivity contribution in [3.8, 4) is 11.8 Å². The number of unbranched alkanes of at least 4 members (excludes halogenated alkanes) is 2. The topological polar surface area (TPSA) is 50.1 Å². The Morgan fingerprint density at radius 2 is 2.17 bits per heavy atom. The van der Waals surface area contributed by atoms with Crippen LogP contribution in [0.25, 0.3) is 0 Å². The van der Waals surface area contributed by atoms with Crippen molar-refractivity contribution in [1.82, 2.24) is 0 Å². The molecule has 18 heavy (non-hydrogen) atoms. The Morgan fingerprint density at radius 3 is 2.78 bits per heavy atom. The van der Waals surface area contributed by atoms with E-state index >= 15 is 0 Å². The maximum Gasteiger partial charge on any atom is 0.136 e. The number of nitrogens with zero attached hydrogens (tertiary/aromatic N) is 1. The zero-order chi connectivity index (χ0) is 13.4. The highest BCUT2D eigenvalue weighted by molar-refractivity contribution is 7.84. The summed E-state index contributed by atoms with van der Waals surface area (Å²) in [5.74, 6) is 1.84. The van der Waals surface area contributed by atoms with Crippen LogP contribution in [0.3, 0.4) is 0 Å². The van der Waals surface area contributed by atoms with Gasteiger partial charge in [-0.05, 0) is 24.1 Å². The van der Waals surface area contributed by atoms with Crippen molar-refractivity contribution in [2.45, 2.75) is 31.9 Å². The average molecular weight is 265 g/mol. The Balaban J connectivity index is 2.62. The fourth-order valence-electron chi connectivity index (χ4n) is 1.69. The van der Waals surface area contributed by atoms with Crippen LogP contribution in [0, 0.1) is 11.3 Å². The summed E-state index contributed by atoms with van der Waals surface area (Å²) >= 11 is 0. The largest absolute Gasteiger partial charge is 0.495 e. The Morgan fingerprint density at radius 1 is 1.39 bits per heavy atom. The maximum absolute atomic E-state index is 11.8. The molecule has 98 valence electrons. The van der Waals surface area contributed by atoms with Crippen LogP contribution in [0.2, 0.25) is 0 Å². The van der Waals surface area contributed by atoms with Crippen LogP contribution in [-0.2, 0) is 16.6 Å². The van der Waals surface area contributed by atoms with Crippen LogP contribution < -0.4 is 4.74 Å². The Hall–Kier alpha value is -1.34. The van der Waals surface area contributed by atoms with Gasteiger partial charge in [0.1, 0.15) is 11.8 Å². The number of hydrogen-bond acceptors (Lipinski definition) is 3. The molecule has 0 saturated carbocycles. The van der Waals surface area contributed by atoms with Crippen LogP contribution >= 0.6 is 0 Å². The minimum Gasteiger partial charge on any atom is -0.495 e. The number of nitriles is 1. The molecule has 1 rings (SSSR count). The lowest BCUT2D eigenvalue weighted by Crippen LogP contribution is -2.01. The Labute approximate surface area is 111 Å². The minimum absolute atomic E-state index is 0.512. The number of rotatable bonds is 7. The summed E-state index contributed by atoms with van der Waals surface area (Å²) in [7, 11) is 0.710. The molecule has 1 aromatic rings. The van der Waals surface area contributed by atoms with Crippen LogP contribution in [0.15, 0.2) is 18.2 Å². The molecule has 0 bridgehead atoms. The monoisotopic (exact) mass is 265 g/mol. The fraction of sp³-hybridized carbons (Fsp3) is 0.500. The smallest absolute Gasteiger partial charge is 0.136 e. The van der Waals surface area contributed by atoms with Crippen molar-refractivity contribution >= 4 is 10.8 Å². The second-order valence-electron chi connectivity index (χ2n) is 4.14. The van der Waals surface area contributed by atoms with Gasteiger partial charge in [-0.15, -0.1) is 0 Å². The SMILES string of the molecule is CCCCCS(=O)Cc1ccc(C#N)c(OC)c1. The van der Waals surface area contributed by atoms with Gasteiger partial charge in [-0.3, -0.25) is 4.21 Å². The molecule has 1 atom stereocenters. The van der Waals surface area contributed by atoms with Gasteiger partial charge in [0.05, 0.1) is 12.7 Å². The van der Waals surface area contributed by atoms with Gasteiger partial charge in [-0.1, -0.05) is 25.8 Å². The predicted molar refractivity (Wildman–Crippen MR) is 73.9 cm³/mol. The van der Waals surface area contributed by atoms with E-state index in [0.717, 1.165) is 30.6 Å². The highest BCUT2D eigenvalue weighted by Gasteiger charge is 2.06. The van der Waals surface area contributed by atoms with Gasteiger partial charge in [-0.2, -0.15) is 5.26 Å². The van der Waals surface area contributed by atoms with E-state index in [0.29, 0.717) is 17.1 Å². The lowest BCUT2D eigenvalue weighted by molar-refractivity contribution is 0.413. The molecule has 1 unspecified atom stereocenters. The first-order chi connectivity index (χ1) is 8.71. The van der Waals surface area contributed by atoms with Crippen LogP contribution in [0.1, 0.15) is 37.3 Å². The van der Waals surface area contributed by atoms with Crippen LogP contribution in [-0.4, -0.2) is 17.1 Å². The Kier molecular flexibility index (Phi) is 6.45. The van der Waals surface area contributed by atoms with Crippen molar-refractivity contribution in [3.63, 3.8) is 0 Å². The second kappa shape index (κ2) is 7.88. The van der Waals surface area contributed by atoms with E-state index in [1.807, 2.05) is 6.07 Å². The molecule has 3 nitrogen and oxygen atoms in total. The van der Waals surface area contributed by atoms with Gasteiger partial charge in [0.2, 0.25) is 0 Å². The van der Waals surface area contributed by atoms with Crippen molar-refractivity contribution in [1.29, 1.82) is 5.26 Å². The first kappa shape index (κ1) is 14.7. The second-order valence-corrected chi connectivity index (χ2v) is 5.72. The molecule has 0 amide bonds. The summed E-state index contributed by atoms with van der Waals surface area (Å²) in [6, 6.07) is 7.44. The molecule has 1 aromatic carbocycles. The summed E-state index contributed by atoms with van der Waals surface area (Å²) in [5.41, 5.74) is 1.47. The molecule has 0 spiro atoms. The lowest BCUT2D eigenvalue weighted by atomic mass is 10.1. The summed E-state index contributed by atoms with van der Waals surface area (Å²) in [5, 5.41) is 8.88. The predicted octanol–water partition coefficient (Wildman–Crippen LogP) is 3.01. The summed E-state index contributed by atoms with van der Waals surface area (Å²) in [4.78, 5) is 0. The molecule has 0 N–H and O–H groups in total. The van der Waals surface area contributed by atoms with Crippen molar-refractivity contribution in [2.75, 3.05) is 12.9 Å². The molecule has 0 aliphatic rings. The first-order valence-corrected chi connectivity index (χ1v) is 7.62. The zero-order valence-corrected chi connectivity index (χ0v) is 11.8. The van der Waals surface area contributed by atoms with Gasteiger partial charge in [0, 0.05) is 22.3 Å². The van der Waals surface area contributed by atoms with Gasteiger partial charge in [-0.25, -0.2) is 0 Å². The Bertz CT molecular complexity index is 452. The molecule has 0 aromatic heterocycles. The van der Waals surface area contributed by atoms with Crippen molar-refractivity contribution in [3.05, 3.63) is 29.3 Å². The standard InChI is InChI=1S/C14H19NO2S/c1-3-4-5-8-18(16)11-12-6-7-13(10-15)14(9-12)17-2/h6-7,9H,3-5,8,11H2,1-2H3. The van der Waals surface area contributed by atoms with Crippen LogP contribution in [0.4, 0.5) is 0 Å². The molecular formula is C14H19NO2S. The van der Waals surface area contributed by atoms with Crippen LogP contribution in [0.5, 0.6) is 5.75 Å². The number of methoxy groups -OCH3 is 1. The third-order valence-electron chi connectivity index (χ3n) is 2.69. The van der Waals surface area contributed by atoms with E-state index in [2.05, 4.69) is 13.0 Å². The molecule has 4 heteroatoms. The first-order valence-electron chi connectivity index (χ1n) is 6.13. The molecule has 0 fully saturated rings. The summed E-state index contributed by atoms with van der Waals surface area (Å²) in [6.45, 7) is 2.13. The van der Waals surface area contributed by atoms with Crippen molar-refractivity contribution in [2.24, 2.45) is 0 Å². The quantitative estimate of drug-likeness (QED) is 0.712. The lowest BCUT2D eigenvalue weighted by Gasteiger charge is -2.06. The third kappa shape index (κ3) is 4.50. The number of hydrogen-bond donors (Lipinski definition) is 0. The summed E-state index contributed by atoms with van der Waals surface area (Å²) in [6.07, 6.45) is 3.28. The molecule has 0 heterocycles. The minimum atomic E-state index is -0.830. The fourth-order valence-corrected chi connectivity index (χ4v) is 2.91. The molecule has 0 saturated heterocycles. The third-order valence-corrected chi connectivity index (χ3v) is 4.09. The average Bonchev–Trinajstić information content (AvgIpc) is 2.39. The van der Waals surface area contributed by atoms with Gasteiger partial charge in [0.15, 0.2) is 0 Å². The van der Waals surface area contributed by atoms with E-state index < -0.39 is 10.8 Å². The molecule has 0 radical (unpaired) electrons. The van der Waals surface area contributed by atoms with Gasteiger partial charge in [0.25, 0.3) is 0 Å². The zero-order valence-electron chi connectivity index (χ0n) is 10.9. The van der Waals surface area contributed by atoms with E-state index in [1.165, 1.54) is 7.11 Å². The van der Waals surface area contributed by atoms with E-state index in [-0.39, 0.29) is 0 Å². The molecule has 0 aliphatic heterocycles. The number of benzene rings is 1. The highest BCUT2D eigenvalue weighted by atomic mass is 32.2. The van der Waals surface area contributed by atoms with E-state index in [4.69, 9.17) is 10.00 Å². The highest BCUT2D eigenvalue weighted by Crippen LogP contribution is 2.20. The van der Waals surface area contributed by atoms with Gasteiger partial charge < -0.3 is 4.74 Å². The summed E-state index contributed by atoms with van der Waals surface area (Å²) < 4.78 is 17.0. The normalized spacial score (nSPS) is 11.8. The number of ether oxygens (including phenoxy) is 1. The van der Waals surface area contributed by atoms with Gasteiger partial charge >= 0.3 is 0 Å². The molecule has 0 aliphatic carbocycles. The molecular weight excluding hydrogens is 246 g/mol. The van der Waals surface area contributed by atoms with Crippen molar-refractivity contribution < 1.29 is 8.95 Å². The maximum atomic E-state index is 11.8.